The van der Waals surface area contributed by atoms with Gasteiger partial charge in [-0.15, -0.1) is 0 Å². The van der Waals surface area contributed by atoms with Gasteiger partial charge >= 0.3 is 5.97 Å². The molecule has 8 heteroatoms. The summed E-state index contributed by atoms with van der Waals surface area (Å²) in [4.78, 5) is 0. The van der Waals surface area contributed by atoms with Crippen LogP contribution in [-0.2, 0) is 4.74 Å². The summed E-state index contributed by atoms with van der Waals surface area (Å²) < 4.78 is 17.3. The number of hydrogen-bond donors (Lipinski definition) is 6. The second kappa shape index (κ2) is 3.35. The number of hydrogen-bond acceptors (Lipinski definition) is 7. The largest absolute Gasteiger partial charge is 0.394 e. The molecule has 0 amide bonds. The summed E-state index contributed by atoms with van der Waals surface area (Å²) in [6.45, 7) is -0.955. The summed E-state index contributed by atoms with van der Waals surface area (Å²) >= 11 is 0. The third-order valence-corrected chi connectivity index (χ3v) is 2.01. The van der Waals surface area contributed by atoms with Gasteiger partial charge in [0.15, 0.2) is 6.10 Å². The van der Waals surface area contributed by atoms with Crippen LogP contribution in [0, 0.1) is 0 Å². The molecule has 0 bridgehead atoms. The molecule has 1 aliphatic rings. The molecule has 1 saturated heterocycles. The van der Waals surface area contributed by atoms with Gasteiger partial charge in [0.2, 0.25) is 0 Å². The molecular weight excluding hydrogens is 203 g/mol. The molecule has 1 fully saturated rings. The van der Waals surface area contributed by atoms with E-state index in [0.717, 1.165) is 0 Å². The zero-order valence-electron chi connectivity index (χ0n) is 6.91. The Morgan fingerprint density at radius 3 is 2.14 bits per heavy atom. The van der Waals surface area contributed by atoms with Crippen LogP contribution < -0.4 is 0 Å². The third kappa shape index (κ3) is 1.61. The van der Waals surface area contributed by atoms with E-state index in [1.165, 1.54) is 0 Å². The van der Waals surface area contributed by atoms with Crippen LogP contribution in [0.1, 0.15) is 0 Å². The Kier molecular flexibility index (Phi) is 2.80. The molecule has 6 N–H and O–H groups in total. The van der Waals surface area contributed by atoms with Gasteiger partial charge in [0.25, 0.3) is 5.85 Å². The van der Waals surface area contributed by atoms with E-state index in [0.29, 0.717) is 0 Å². The topological polar surface area (TPSA) is 131 Å². The molecule has 1 heterocycles. The lowest BCUT2D eigenvalue weighted by Gasteiger charge is -2.44. The second-order valence-electron chi connectivity index (χ2n) is 3.07. The predicted octanol–water partition coefficient (Wildman–Crippen LogP) is -3.60. The van der Waals surface area contributed by atoms with Crippen molar-refractivity contribution in [1.29, 1.82) is 0 Å². The summed E-state index contributed by atoms with van der Waals surface area (Å²) in [5.74, 6) is -7.04. The Morgan fingerprint density at radius 2 is 1.71 bits per heavy atom. The summed E-state index contributed by atoms with van der Waals surface area (Å²) in [7, 11) is 0. The molecule has 1 rings (SSSR count). The zero-order valence-corrected chi connectivity index (χ0v) is 6.91. The van der Waals surface area contributed by atoms with E-state index in [2.05, 4.69) is 4.74 Å². The molecule has 0 aromatic heterocycles. The molecule has 0 unspecified atom stereocenters. The molecule has 0 aromatic carbocycles. The van der Waals surface area contributed by atoms with Gasteiger partial charge in [0, 0.05) is 0 Å². The third-order valence-electron chi connectivity index (χ3n) is 2.01. The van der Waals surface area contributed by atoms with Crippen molar-refractivity contribution in [3.8, 4) is 0 Å². The Labute approximate surface area is 77.6 Å². The molecular formula is C6H11FO7. The average molecular weight is 214 g/mol. The Balaban J connectivity index is 2.96. The van der Waals surface area contributed by atoms with Crippen LogP contribution >= 0.6 is 0 Å². The summed E-state index contributed by atoms with van der Waals surface area (Å²) in [6.07, 6.45) is -6.79. The fourth-order valence-electron chi connectivity index (χ4n) is 1.17. The minimum atomic E-state index is -3.67. The summed E-state index contributed by atoms with van der Waals surface area (Å²) in [5, 5.41) is 53.0. The van der Waals surface area contributed by atoms with Crippen molar-refractivity contribution >= 4 is 0 Å². The molecule has 14 heavy (non-hydrogen) atoms. The van der Waals surface area contributed by atoms with Gasteiger partial charge in [-0.1, -0.05) is 0 Å². The maximum atomic E-state index is 13.1. The number of halogens is 1. The van der Waals surface area contributed by atoms with E-state index < -0.39 is 36.7 Å². The average Bonchev–Trinajstić information content (AvgIpc) is 2.09. The molecule has 0 aliphatic carbocycles. The summed E-state index contributed by atoms with van der Waals surface area (Å²) in [6, 6.07) is 0. The number of alkyl halides is 1. The van der Waals surface area contributed by atoms with Gasteiger partial charge < -0.3 is 35.4 Å². The minimum absolute atomic E-state index is 0.955. The first kappa shape index (κ1) is 11.7. The number of ether oxygens (including phenoxy) is 1. The van der Waals surface area contributed by atoms with Crippen LogP contribution in [0.15, 0.2) is 0 Å². The number of aliphatic hydroxyl groups is 6. The molecule has 0 radical (unpaired) electrons. The molecule has 4 atom stereocenters. The lowest BCUT2D eigenvalue weighted by atomic mass is 9.95. The van der Waals surface area contributed by atoms with Gasteiger partial charge in [-0.25, -0.2) is 4.39 Å². The summed E-state index contributed by atoms with van der Waals surface area (Å²) in [5.41, 5.74) is 0. The highest BCUT2D eigenvalue weighted by atomic mass is 19.2. The maximum Gasteiger partial charge on any atom is 0.312 e. The fourth-order valence-corrected chi connectivity index (χ4v) is 1.17. The van der Waals surface area contributed by atoms with Crippen LogP contribution in [0.2, 0.25) is 0 Å². The fraction of sp³-hybridized carbons (Fsp3) is 1.00. The van der Waals surface area contributed by atoms with Crippen LogP contribution in [0.3, 0.4) is 0 Å². The Morgan fingerprint density at radius 1 is 1.21 bits per heavy atom. The predicted molar refractivity (Wildman–Crippen MR) is 37.2 cm³/mol. The van der Waals surface area contributed by atoms with Crippen molar-refractivity contribution in [2.75, 3.05) is 6.61 Å². The van der Waals surface area contributed by atoms with E-state index >= 15 is 0 Å². The molecule has 0 spiro atoms. The quantitative estimate of drug-likeness (QED) is 0.248. The monoisotopic (exact) mass is 214 g/mol. The second-order valence-corrected chi connectivity index (χ2v) is 3.07. The molecule has 0 saturated carbocycles. The first-order chi connectivity index (χ1) is 6.23. The molecule has 0 aromatic rings. The molecule has 1 aliphatic heterocycles. The lowest BCUT2D eigenvalue weighted by Crippen LogP contribution is -2.70. The highest BCUT2D eigenvalue weighted by Gasteiger charge is 2.62. The highest BCUT2D eigenvalue weighted by Crippen LogP contribution is 2.34. The minimum Gasteiger partial charge on any atom is -0.394 e. The van der Waals surface area contributed by atoms with Gasteiger partial charge in [0.1, 0.15) is 12.2 Å². The van der Waals surface area contributed by atoms with E-state index in [1.807, 2.05) is 0 Å². The zero-order chi connectivity index (χ0) is 11.1. The van der Waals surface area contributed by atoms with Crippen LogP contribution in [0.4, 0.5) is 4.39 Å². The van der Waals surface area contributed by atoms with Gasteiger partial charge in [0.05, 0.1) is 6.61 Å². The van der Waals surface area contributed by atoms with Crippen molar-refractivity contribution in [3.63, 3.8) is 0 Å². The van der Waals surface area contributed by atoms with Crippen molar-refractivity contribution in [2.45, 2.75) is 30.1 Å². The molecule has 7 nitrogen and oxygen atoms in total. The molecule has 84 valence electrons. The van der Waals surface area contributed by atoms with Crippen LogP contribution in [0.25, 0.3) is 0 Å². The SMILES string of the molecule is OC[C@H]1OC(O)(O)[C@@H](O)[C@@](O)(F)[C@H]1O. The lowest BCUT2D eigenvalue weighted by molar-refractivity contribution is -0.469. The van der Waals surface area contributed by atoms with E-state index in [-0.39, 0.29) is 0 Å². The number of rotatable bonds is 1. The van der Waals surface area contributed by atoms with Crippen LogP contribution in [0.5, 0.6) is 0 Å². The van der Waals surface area contributed by atoms with Gasteiger partial charge in [-0.3, -0.25) is 0 Å². The standard InChI is InChI=1S/C6H11FO7/c7-5(11)3(9)2(1-8)14-6(12,13)4(5)10/h2-4,8-13H,1H2/t2-,3+,4+,5-/m1/s1. The van der Waals surface area contributed by atoms with E-state index in [9.17, 15) is 4.39 Å². The van der Waals surface area contributed by atoms with Crippen molar-refractivity contribution in [1.82, 2.24) is 0 Å². The number of aliphatic hydroxyl groups excluding tert-OH is 3. The maximum absolute atomic E-state index is 13.1. The smallest absolute Gasteiger partial charge is 0.312 e. The van der Waals surface area contributed by atoms with Crippen LogP contribution in [-0.4, -0.2) is 67.4 Å². The van der Waals surface area contributed by atoms with Crippen molar-refractivity contribution in [2.24, 2.45) is 0 Å². The first-order valence-corrected chi connectivity index (χ1v) is 3.74. The van der Waals surface area contributed by atoms with E-state index in [1.54, 1.807) is 0 Å². The van der Waals surface area contributed by atoms with E-state index in [4.69, 9.17) is 30.6 Å². The normalized spacial score (nSPS) is 47.8. The van der Waals surface area contributed by atoms with Crippen molar-refractivity contribution in [3.05, 3.63) is 0 Å². The first-order valence-electron chi connectivity index (χ1n) is 3.74. The van der Waals surface area contributed by atoms with Gasteiger partial charge in [-0.2, -0.15) is 0 Å². The Hall–Kier alpha value is -0.350. The van der Waals surface area contributed by atoms with Gasteiger partial charge in [-0.05, 0) is 0 Å². The van der Waals surface area contributed by atoms with Crippen molar-refractivity contribution < 1.29 is 39.8 Å². The Bertz CT molecular complexity index is 218. The highest BCUT2D eigenvalue weighted by molar-refractivity contribution is 4.96.